The number of H-pyrrole nitrogens is 1. The number of aromatic amines is 1. The molecule has 2 aromatic rings. The van der Waals surface area contributed by atoms with E-state index in [4.69, 9.17) is 16.3 Å². The van der Waals surface area contributed by atoms with E-state index in [1.807, 2.05) is 12.1 Å². The maximum Gasteiger partial charge on any atom is 0.260 e. The number of amides is 1. The highest BCUT2D eigenvalue weighted by Gasteiger charge is 2.15. The summed E-state index contributed by atoms with van der Waals surface area (Å²) < 4.78 is 5.37. The van der Waals surface area contributed by atoms with Crippen LogP contribution in [0, 0.1) is 6.92 Å². The molecule has 0 aliphatic rings. The standard InChI is InChI=1S/C16H17ClN2O3/c1-10-6-7-13(16(21)19-10)15(20)18-9-14(22-2)11-4-3-5-12(17)8-11/h3-8,14H,9H2,1-2H3,(H,18,20)(H,19,21)/t14-/m1/s1. The minimum atomic E-state index is -0.440. The van der Waals surface area contributed by atoms with Gasteiger partial charge in [0, 0.05) is 24.4 Å². The van der Waals surface area contributed by atoms with Gasteiger partial charge in [0.25, 0.3) is 11.5 Å². The molecule has 2 rings (SSSR count). The van der Waals surface area contributed by atoms with E-state index in [0.717, 1.165) is 5.56 Å². The summed E-state index contributed by atoms with van der Waals surface area (Å²) in [6, 6.07) is 10.4. The van der Waals surface area contributed by atoms with Crippen molar-refractivity contribution in [3.05, 3.63) is 68.6 Å². The molecule has 1 amide bonds. The molecule has 1 aromatic carbocycles. The smallest absolute Gasteiger partial charge is 0.260 e. The molecule has 0 radical (unpaired) electrons. The Bertz CT molecular complexity index is 727. The lowest BCUT2D eigenvalue weighted by molar-refractivity contribution is 0.0827. The van der Waals surface area contributed by atoms with E-state index >= 15 is 0 Å². The van der Waals surface area contributed by atoms with Crippen molar-refractivity contribution in [3.63, 3.8) is 0 Å². The molecule has 5 nitrogen and oxygen atoms in total. The van der Waals surface area contributed by atoms with Crippen LogP contribution < -0.4 is 10.9 Å². The first-order chi connectivity index (χ1) is 10.5. The van der Waals surface area contributed by atoms with Gasteiger partial charge in [-0.3, -0.25) is 9.59 Å². The Balaban J connectivity index is 2.07. The van der Waals surface area contributed by atoms with Crippen LogP contribution in [0.2, 0.25) is 5.02 Å². The number of methoxy groups -OCH3 is 1. The van der Waals surface area contributed by atoms with E-state index in [-0.39, 0.29) is 18.2 Å². The average molecular weight is 321 g/mol. The van der Waals surface area contributed by atoms with Crippen LogP contribution in [0.4, 0.5) is 0 Å². The molecule has 0 aliphatic heterocycles. The van der Waals surface area contributed by atoms with Crippen molar-refractivity contribution in [2.75, 3.05) is 13.7 Å². The quantitative estimate of drug-likeness (QED) is 0.889. The fourth-order valence-corrected chi connectivity index (χ4v) is 2.27. The molecule has 2 N–H and O–H groups in total. The van der Waals surface area contributed by atoms with Gasteiger partial charge in [-0.1, -0.05) is 23.7 Å². The molecule has 6 heteroatoms. The van der Waals surface area contributed by atoms with Crippen molar-refractivity contribution in [2.24, 2.45) is 0 Å². The lowest BCUT2D eigenvalue weighted by atomic mass is 10.1. The zero-order valence-corrected chi connectivity index (χ0v) is 13.1. The van der Waals surface area contributed by atoms with Crippen molar-refractivity contribution in [3.8, 4) is 0 Å². The average Bonchev–Trinajstić information content (AvgIpc) is 2.47. The van der Waals surface area contributed by atoms with Gasteiger partial charge in [-0.2, -0.15) is 0 Å². The molecule has 1 aromatic heterocycles. The number of aryl methyl sites for hydroxylation is 1. The van der Waals surface area contributed by atoms with Crippen molar-refractivity contribution in [2.45, 2.75) is 13.0 Å². The number of halogens is 1. The normalized spacial score (nSPS) is 12.0. The number of carbonyl (C=O) groups is 1. The summed E-state index contributed by atoms with van der Waals surface area (Å²) in [5.41, 5.74) is 1.23. The van der Waals surface area contributed by atoms with Crippen LogP contribution in [-0.4, -0.2) is 24.5 Å². The van der Waals surface area contributed by atoms with Gasteiger partial charge < -0.3 is 15.0 Å². The lowest BCUT2D eigenvalue weighted by Crippen LogP contribution is -2.33. The second-order valence-electron chi connectivity index (χ2n) is 4.87. The summed E-state index contributed by atoms with van der Waals surface area (Å²) in [4.78, 5) is 26.4. The van der Waals surface area contributed by atoms with Gasteiger partial charge in [0.05, 0.1) is 6.10 Å². The molecule has 1 atom stereocenters. The molecule has 0 saturated carbocycles. The maximum atomic E-state index is 12.1. The van der Waals surface area contributed by atoms with Crippen LogP contribution in [0.5, 0.6) is 0 Å². The molecule has 0 bridgehead atoms. The fraction of sp³-hybridized carbons (Fsp3) is 0.250. The zero-order valence-electron chi connectivity index (χ0n) is 12.4. The minimum absolute atomic E-state index is 0.0755. The topological polar surface area (TPSA) is 71.2 Å². The van der Waals surface area contributed by atoms with E-state index < -0.39 is 11.5 Å². The van der Waals surface area contributed by atoms with Gasteiger partial charge in [-0.25, -0.2) is 0 Å². The number of nitrogens with one attached hydrogen (secondary N) is 2. The van der Waals surface area contributed by atoms with E-state index in [1.54, 1.807) is 32.2 Å². The largest absolute Gasteiger partial charge is 0.375 e. The van der Waals surface area contributed by atoms with Gasteiger partial charge in [-0.05, 0) is 36.8 Å². The van der Waals surface area contributed by atoms with Gasteiger partial charge in [0.15, 0.2) is 0 Å². The summed E-state index contributed by atoms with van der Waals surface area (Å²) >= 11 is 5.95. The van der Waals surface area contributed by atoms with Crippen molar-refractivity contribution in [1.29, 1.82) is 0 Å². The molecular weight excluding hydrogens is 304 g/mol. The Morgan fingerprint density at radius 2 is 2.14 bits per heavy atom. The number of aromatic nitrogens is 1. The van der Waals surface area contributed by atoms with Crippen LogP contribution in [0.1, 0.15) is 27.7 Å². The highest BCUT2D eigenvalue weighted by Crippen LogP contribution is 2.19. The number of hydrogen-bond donors (Lipinski definition) is 2. The number of pyridine rings is 1. The highest BCUT2D eigenvalue weighted by atomic mass is 35.5. The molecular formula is C16H17ClN2O3. The van der Waals surface area contributed by atoms with Crippen LogP contribution in [0.3, 0.4) is 0 Å². The summed E-state index contributed by atoms with van der Waals surface area (Å²) in [7, 11) is 1.55. The lowest BCUT2D eigenvalue weighted by Gasteiger charge is -2.16. The molecule has 22 heavy (non-hydrogen) atoms. The first-order valence-electron chi connectivity index (χ1n) is 6.77. The predicted octanol–water partition coefficient (Wildman–Crippen LogP) is 2.45. The second kappa shape index (κ2) is 7.24. The first kappa shape index (κ1) is 16.3. The molecule has 1 heterocycles. The molecule has 0 saturated heterocycles. The highest BCUT2D eigenvalue weighted by molar-refractivity contribution is 6.30. The summed E-state index contributed by atoms with van der Waals surface area (Å²) in [5.74, 6) is -0.440. The van der Waals surface area contributed by atoms with Crippen molar-refractivity contribution >= 4 is 17.5 Å². The number of ether oxygens (including phenoxy) is 1. The third kappa shape index (κ3) is 3.96. The van der Waals surface area contributed by atoms with Crippen LogP contribution in [-0.2, 0) is 4.74 Å². The van der Waals surface area contributed by atoms with E-state index in [0.29, 0.717) is 10.7 Å². The zero-order chi connectivity index (χ0) is 16.1. The van der Waals surface area contributed by atoms with E-state index in [1.165, 1.54) is 6.07 Å². The molecule has 0 aliphatic carbocycles. The fourth-order valence-electron chi connectivity index (χ4n) is 2.08. The van der Waals surface area contributed by atoms with Crippen molar-refractivity contribution < 1.29 is 9.53 Å². The number of benzene rings is 1. The van der Waals surface area contributed by atoms with Gasteiger partial charge >= 0.3 is 0 Å². The molecule has 0 unspecified atom stereocenters. The Labute approximate surface area is 133 Å². The number of hydrogen-bond acceptors (Lipinski definition) is 3. The third-order valence-corrected chi connectivity index (χ3v) is 3.49. The molecule has 0 spiro atoms. The third-order valence-electron chi connectivity index (χ3n) is 3.25. The van der Waals surface area contributed by atoms with Gasteiger partial charge in [-0.15, -0.1) is 0 Å². The van der Waals surface area contributed by atoms with Gasteiger partial charge in [0.2, 0.25) is 0 Å². The minimum Gasteiger partial charge on any atom is -0.375 e. The van der Waals surface area contributed by atoms with E-state index in [9.17, 15) is 9.59 Å². The Morgan fingerprint density at radius 1 is 1.36 bits per heavy atom. The van der Waals surface area contributed by atoms with Crippen LogP contribution >= 0.6 is 11.6 Å². The van der Waals surface area contributed by atoms with Crippen molar-refractivity contribution in [1.82, 2.24) is 10.3 Å². The molecule has 116 valence electrons. The summed E-state index contributed by atoms with van der Waals surface area (Å²) in [6.07, 6.45) is -0.341. The summed E-state index contributed by atoms with van der Waals surface area (Å²) in [5, 5.41) is 3.30. The van der Waals surface area contributed by atoms with Crippen LogP contribution in [0.25, 0.3) is 0 Å². The number of rotatable bonds is 5. The molecule has 0 fully saturated rings. The monoisotopic (exact) mass is 320 g/mol. The van der Waals surface area contributed by atoms with Crippen LogP contribution in [0.15, 0.2) is 41.2 Å². The number of carbonyl (C=O) groups excluding carboxylic acids is 1. The Morgan fingerprint density at radius 3 is 2.77 bits per heavy atom. The predicted molar refractivity (Wildman–Crippen MR) is 85.3 cm³/mol. The summed E-state index contributed by atoms with van der Waals surface area (Å²) in [6.45, 7) is 1.99. The second-order valence-corrected chi connectivity index (χ2v) is 5.31. The Kier molecular flexibility index (Phi) is 5.35. The van der Waals surface area contributed by atoms with Gasteiger partial charge in [0.1, 0.15) is 5.56 Å². The maximum absolute atomic E-state index is 12.1. The first-order valence-corrected chi connectivity index (χ1v) is 7.15. The SMILES string of the molecule is CO[C@H](CNC(=O)c1ccc(C)[nH]c1=O)c1cccc(Cl)c1. The van der Waals surface area contributed by atoms with E-state index in [2.05, 4.69) is 10.3 Å². The Hall–Kier alpha value is -2.11.